The molecule has 0 aliphatic heterocycles. The van der Waals surface area contributed by atoms with Gasteiger partial charge >= 0.3 is 5.97 Å². The van der Waals surface area contributed by atoms with Gasteiger partial charge in [-0.25, -0.2) is 4.79 Å². The van der Waals surface area contributed by atoms with Crippen molar-refractivity contribution in [3.63, 3.8) is 0 Å². The molecule has 6 nitrogen and oxygen atoms in total. The van der Waals surface area contributed by atoms with Crippen molar-refractivity contribution in [1.82, 2.24) is 10.6 Å². The molecule has 30 heavy (non-hydrogen) atoms. The molecular formula is C23H25BrN2O4. The van der Waals surface area contributed by atoms with Crippen LogP contribution in [0.5, 0.6) is 0 Å². The molecule has 3 N–H and O–H groups in total. The smallest absolute Gasteiger partial charge is 0.326 e. The Morgan fingerprint density at radius 1 is 1.07 bits per heavy atom. The first kappa shape index (κ1) is 23.3. The van der Waals surface area contributed by atoms with Gasteiger partial charge in [0.15, 0.2) is 0 Å². The quantitative estimate of drug-likeness (QED) is 0.474. The molecule has 0 spiro atoms. The van der Waals surface area contributed by atoms with E-state index in [1.807, 2.05) is 26.0 Å². The van der Waals surface area contributed by atoms with Gasteiger partial charge in [-0.3, -0.25) is 9.59 Å². The molecular weight excluding hydrogens is 448 g/mol. The van der Waals surface area contributed by atoms with Crippen molar-refractivity contribution in [3.8, 4) is 0 Å². The summed E-state index contributed by atoms with van der Waals surface area (Å²) in [5, 5.41) is 14.5. The van der Waals surface area contributed by atoms with Crippen molar-refractivity contribution in [2.24, 2.45) is 0 Å². The maximum atomic E-state index is 12.8. The lowest BCUT2D eigenvalue weighted by Gasteiger charge is -2.16. The highest BCUT2D eigenvalue weighted by Gasteiger charge is 2.22. The monoisotopic (exact) mass is 472 g/mol. The number of amides is 2. The van der Waals surface area contributed by atoms with E-state index in [0.717, 1.165) is 16.5 Å². The summed E-state index contributed by atoms with van der Waals surface area (Å²) in [4.78, 5) is 37.0. The van der Waals surface area contributed by atoms with Crippen molar-refractivity contribution in [2.45, 2.75) is 39.2 Å². The summed E-state index contributed by atoms with van der Waals surface area (Å²) in [6, 6.07) is 13.1. The number of halogens is 1. The fourth-order valence-corrected chi connectivity index (χ4v) is 2.95. The average Bonchev–Trinajstić information content (AvgIpc) is 2.72. The van der Waals surface area contributed by atoms with E-state index in [1.54, 1.807) is 36.4 Å². The van der Waals surface area contributed by atoms with Crippen LogP contribution in [0.4, 0.5) is 0 Å². The molecule has 1 atom stereocenters. The van der Waals surface area contributed by atoms with Gasteiger partial charge in [0.05, 0.1) is 0 Å². The maximum Gasteiger partial charge on any atom is 0.326 e. The number of unbranched alkanes of at least 4 members (excludes halogenated alkanes) is 1. The first-order valence-electron chi connectivity index (χ1n) is 9.69. The second-order valence-corrected chi connectivity index (χ2v) is 7.85. The number of carbonyl (C=O) groups is 3. The van der Waals surface area contributed by atoms with Gasteiger partial charge in [-0.05, 0) is 49.2 Å². The number of aliphatic carboxylic acids is 1. The van der Waals surface area contributed by atoms with Crippen molar-refractivity contribution >= 4 is 39.8 Å². The second-order valence-electron chi connectivity index (χ2n) is 6.94. The standard InChI is InChI=1S/C23H25BrN2O4/c1-3-4-5-19(23(29)30)25-22(28)20(14-16-8-12-18(24)13-9-16)26-21(27)17-10-6-15(2)7-11-17/h6-14,19H,3-5H2,1-2H3,(H,25,28)(H,26,27)(H,29,30)/b20-14+/t19-/m1/s1. The number of carboxylic acids is 1. The van der Waals surface area contributed by atoms with Crippen molar-refractivity contribution in [2.75, 3.05) is 0 Å². The highest BCUT2D eigenvalue weighted by Crippen LogP contribution is 2.14. The molecule has 0 bridgehead atoms. The average molecular weight is 473 g/mol. The Morgan fingerprint density at radius 3 is 2.27 bits per heavy atom. The summed E-state index contributed by atoms with van der Waals surface area (Å²) >= 11 is 3.36. The van der Waals surface area contributed by atoms with E-state index >= 15 is 0 Å². The normalized spacial score (nSPS) is 12.2. The zero-order valence-corrected chi connectivity index (χ0v) is 18.5. The summed E-state index contributed by atoms with van der Waals surface area (Å²) < 4.78 is 0.875. The first-order valence-corrected chi connectivity index (χ1v) is 10.5. The molecule has 158 valence electrons. The number of nitrogens with one attached hydrogen (secondary N) is 2. The fourth-order valence-electron chi connectivity index (χ4n) is 2.69. The largest absolute Gasteiger partial charge is 0.480 e. The van der Waals surface area contributed by atoms with Crippen LogP contribution in [0, 0.1) is 6.92 Å². The predicted molar refractivity (Wildman–Crippen MR) is 120 cm³/mol. The first-order chi connectivity index (χ1) is 14.3. The molecule has 0 heterocycles. The van der Waals surface area contributed by atoms with E-state index in [0.29, 0.717) is 24.0 Å². The SMILES string of the molecule is CCCC[C@@H](NC(=O)/C(=C\c1ccc(Br)cc1)NC(=O)c1ccc(C)cc1)C(=O)O. The summed E-state index contributed by atoms with van der Waals surface area (Å²) in [6.45, 7) is 3.86. The molecule has 0 saturated carbocycles. The Balaban J connectivity index is 2.28. The minimum Gasteiger partial charge on any atom is -0.480 e. The van der Waals surface area contributed by atoms with Gasteiger partial charge in [-0.1, -0.05) is 65.5 Å². The van der Waals surface area contributed by atoms with Crippen LogP contribution in [0.2, 0.25) is 0 Å². The van der Waals surface area contributed by atoms with Gasteiger partial charge in [0.1, 0.15) is 11.7 Å². The zero-order valence-electron chi connectivity index (χ0n) is 16.9. The van der Waals surface area contributed by atoms with Gasteiger partial charge in [0.2, 0.25) is 0 Å². The molecule has 2 amide bonds. The van der Waals surface area contributed by atoms with E-state index in [9.17, 15) is 19.5 Å². The van der Waals surface area contributed by atoms with E-state index in [4.69, 9.17) is 0 Å². The van der Waals surface area contributed by atoms with Crippen LogP contribution >= 0.6 is 15.9 Å². The van der Waals surface area contributed by atoms with Crippen LogP contribution in [-0.4, -0.2) is 28.9 Å². The summed E-state index contributed by atoms with van der Waals surface area (Å²) in [7, 11) is 0. The van der Waals surface area contributed by atoms with Crippen LogP contribution in [-0.2, 0) is 9.59 Å². The molecule has 0 radical (unpaired) electrons. The lowest BCUT2D eigenvalue weighted by atomic mass is 10.1. The molecule has 2 aromatic rings. The number of hydrogen-bond donors (Lipinski definition) is 3. The Kier molecular flexibility index (Phi) is 8.80. The molecule has 2 aromatic carbocycles. The van der Waals surface area contributed by atoms with Crippen LogP contribution in [0.15, 0.2) is 58.7 Å². The van der Waals surface area contributed by atoms with Crippen molar-refractivity contribution in [1.29, 1.82) is 0 Å². The molecule has 0 aromatic heterocycles. The van der Waals surface area contributed by atoms with Crippen molar-refractivity contribution in [3.05, 3.63) is 75.4 Å². The molecule has 0 saturated heterocycles. The fraction of sp³-hybridized carbons (Fsp3) is 0.261. The number of carbonyl (C=O) groups excluding carboxylic acids is 2. The number of hydrogen-bond acceptors (Lipinski definition) is 3. The van der Waals surface area contributed by atoms with Crippen LogP contribution in [0.1, 0.15) is 47.7 Å². The second kappa shape index (κ2) is 11.3. The highest BCUT2D eigenvalue weighted by molar-refractivity contribution is 9.10. The van der Waals surface area contributed by atoms with Gasteiger partial charge in [-0.2, -0.15) is 0 Å². The van der Waals surface area contributed by atoms with E-state index < -0.39 is 23.8 Å². The van der Waals surface area contributed by atoms with Crippen LogP contribution in [0.3, 0.4) is 0 Å². The lowest BCUT2D eigenvalue weighted by Crippen LogP contribution is -2.44. The van der Waals surface area contributed by atoms with Gasteiger partial charge in [0, 0.05) is 10.0 Å². The topological polar surface area (TPSA) is 95.5 Å². The molecule has 7 heteroatoms. The number of aryl methyl sites for hydroxylation is 1. The number of carboxylic acid groups (broad SMARTS) is 1. The lowest BCUT2D eigenvalue weighted by molar-refractivity contribution is -0.141. The summed E-state index contributed by atoms with van der Waals surface area (Å²) in [5.41, 5.74) is 2.07. The van der Waals surface area contributed by atoms with E-state index in [2.05, 4.69) is 26.6 Å². The zero-order chi connectivity index (χ0) is 22.1. The van der Waals surface area contributed by atoms with E-state index in [-0.39, 0.29) is 5.70 Å². The van der Waals surface area contributed by atoms with Gasteiger partial charge in [0.25, 0.3) is 11.8 Å². The Hall–Kier alpha value is -2.93. The minimum absolute atomic E-state index is 0.0226. The maximum absolute atomic E-state index is 12.8. The predicted octanol–water partition coefficient (Wildman–Crippen LogP) is 4.29. The third kappa shape index (κ3) is 7.15. The number of rotatable bonds is 9. The Labute approximate surface area is 184 Å². The van der Waals surface area contributed by atoms with Gasteiger partial charge < -0.3 is 15.7 Å². The third-order valence-corrected chi connectivity index (χ3v) is 4.97. The van der Waals surface area contributed by atoms with Crippen molar-refractivity contribution < 1.29 is 19.5 Å². The molecule has 0 aliphatic carbocycles. The molecule has 0 unspecified atom stereocenters. The van der Waals surface area contributed by atoms with E-state index in [1.165, 1.54) is 6.08 Å². The molecule has 0 aliphatic rings. The molecule has 0 fully saturated rings. The minimum atomic E-state index is -1.11. The summed E-state index contributed by atoms with van der Waals surface area (Å²) in [5.74, 6) is -2.21. The van der Waals surface area contributed by atoms with Gasteiger partial charge in [-0.15, -0.1) is 0 Å². The molecule has 2 rings (SSSR count). The Bertz CT molecular complexity index is 921. The third-order valence-electron chi connectivity index (χ3n) is 4.44. The number of benzene rings is 2. The van der Waals surface area contributed by atoms with Crippen LogP contribution in [0.25, 0.3) is 6.08 Å². The summed E-state index contributed by atoms with van der Waals surface area (Å²) in [6.07, 6.45) is 3.31. The highest BCUT2D eigenvalue weighted by atomic mass is 79.9. The van der Waals surface area contributed by atoms with Crippen LogP contribution < -0.4 is 10.6 Å². The Morgan fingerprint density at radius 2 is 1.70 bits per heavy atom.